The number of rotatable bonds is 13. The Morgan fingerprint density at radius 1 is 1.12 bits per heavy atom. The number of H-pyrrole nitrogens is 1. The van der Waals surface area contributed by atoms with Gasteiger partial charge in [0.05, 0.1) is 26.9 Å². The van der Waals surface area contributed by atoms with Crippen LogP contribution in [0, 0.1) is 12.8 Å². The van der Waals surface area contributed by atoms with E-state index in [1.54, 1.807) is 6.92 Å². The Hall–Kier alpha value is -2.73. The molecule has 0 unspecified atom stereocenters. The van der Waals surface area contributed by atoms with Crippen LogP contribution in [0.25, 0.3) is 0 Å². The van der Waals surface area contributed by atoms with E-state index in [4.69, 9.17) is 18.9 Å². The van der Waals surface area contributed by atoms with Crippen LogP contribution in [0.4, 0.5) is 0 Å². The van der Waals surface area contributed by atoms with E-state index in [-0.39, 0.29) is 17.1 Å². The molecule has 224 valence electrons. The smallest absolute Gasteiger partial charge is 0.238 e. The van der Waals surface area contributed by atoms with Gasteiger partial charge in [0.15, 0.2) is 6.29 Å². The number of pyridine rings is 1. The zero-order chi connectivity index (χ0) is 30.0. The molecule has 1 aromatic heterocycles. The third-order valence-corrected chi connectivity index (χ3v) is 6.92. The van der Waals surface area contributed by atoms with Crippen molar-refractivity contribution in [2.24, 2.45) is 5.92 Å². The van der Waals surface area contributed by atoms with Crippen molar-refractivity contribution in [2.45, 2.75) is 84.3 Å². The topological polar surface area (TPSA) is 151 Å². The number of hydrogen-bond donors (Lipinski definition) is 5. The fourth-order valence-electron chi connectivity index (χ4n) is 4.46. The van der Waals surface area contributed by atoms with Gasteiger partial charge in [0, 0.05) is 23.6 Å². The summed E-state index contributed by atoms with van der Waals surface area (Å²) >= 11 is 0. The van der Waals surface area contributed by atoms with Gasteiger partial charge in [-0.05, 0) is 34.1 Å². The molecule has 0 saturated carbocycles. The van der Waals surface area contributed by atoms with Crippen molar-refractivity contribution in [1.29, 1.82) is 0 Å². The summed E-state index contributed by atoms with van der Waals surface area (Å²) in [6.07, 6.45) is 5.96. The van der Waals surface area contributed by atoms with Crippen LogP contribution in [0.2, 0.25) is 0 Å². The molecule has 1 saturated heterocycles. The van der Waals surface area contributed by atoms with Crippen LogP contribution >= 0.6 is 0 Å². The molecule has 5 N–H and O–H groups in total. The van der Waals surface area contributed by atoms with E-state index < -0.39 is 43.4 Å². The summed E-state index contributed by atoms with van der Waals surface area (Å²) in [4.78, 5) is 15.7. The van der Waals surface area contributed by atoms with Gasteiger partial charge in [-0.1, -0.05) is 54.5 Å². The molecule has 1 fully saturated rings. The first-order chi connectivity index (χ1) is 19.0. The summed E-state index contributed by atoms with van der Waals surface area (Å²) in [6.45, 7) is 9.06. The van der Waals surface area contributed by atoms with Gasteiger partial charge in [-0.15, -0.1) is 0 Å². The standard InChI is InChI=1S/C30H45NO9/c1-8-10-22(39-30-27(36)26(35)25(34)23(16-32)40-30)19(4)15-18(3)12-9-11-17(2)13-14-21-20(5)24(33)28(37-6)29(31-21)38-7/h8-10,12-13,15,19,22-23,25-27,30,32,34-36H,11,14,16H2,1-7H3,(H,31,33)/b10-8+,12-9+,17-13+,18-15+/t19-,22+,23+,25+,26-,27+,30+/m1/s1. The molecule has 1 aliphatic rings. The van der Waals surface area contributed by atoms with E-state index in [1.165, 1.54) is 14.2 Å². The Balaban J connectivity index is 2.04. The maximum Gasteiger partial charge on any atom is 0.238 e. The maximum atomic E-state index is 12.5. The fraction of sp³-hybridized carbons (Fsp3) is 0.567. The number of hydrogen-bond acceptors (Lipinski definition) is 9. The molecular weight excluding hydrogens is 518 g/mol. The Morgan fingerprint density at radius 2 is 1.82 bits per heavy atom. The van der Waals surface area contributed by atoms with E-state index in [1.807, 2.05) is 52.0 Å². The zero-order valence-corrected chi connectivity index (χ0v) is 24.5. The predicted octanol–water partition coefficient (Wildman–Crippen LogP) is 2.48. The van der Waals surface area contributed by atoms with Gasteiger partial charge >= 0.3 is 0 Å². The first-order valence-electron chi connectivity index (χ1n) is 13.4. The highest BCUT2D eigenvalue weighted by Gasteiger charge is 2.44. The second kappa shape index (κ2) is 15.9. The SMILES string of the molecule is C/C=C/[C@H](O[C@H]1O[C@@H](CO)[C@H](O)[C@@H](O)[C@@H]1O)[C@H](C)/C=C(C)/C=C/C/C(C)=C/Cc1[nH]c(OC)c(OC)c(=O)c1C. The minimum atomic E-state index is -1.50. The van der Waals surface area contributed by atoms with Crippen molar-refractivity contribution < 1.29 is 39.4 Å². The van der Waals surface area contributed by atoms with E-state index >= 15 is 0 Å². The lowest BCUT2D eigenvalue weighted by atomic mass is 9.98. The number of ether oxygens (including phenoxy) is 4. The molecule has 1 aromatic rings. The predicted molar refractivity (Wildman–Crippen MR) is 152 cm³/mol. The first-order valence-corrected chi connectivity index (χ1v) is 13.4. The molecule has 0 aromatic carbocycles. The Bertz CT molecular complexity index is 1130. The first kappa shape index (κ1) is 33.5. The van der Waals surface area contributed by atoms with Gasteiger partial charge in [0.1, 0.15) is 24.4 Å². The lowest BCUT2D eigenvalue weighted by Crippen LogP contribution is -2.59. The number of aromatic nitrogens is 1. The summed E-state index contributed by atoms with van der Waals surface area (Å²) in [5.74, 6) is 0.356. The van der Waals surface area contributed by atoms with Gasteiger partial charge < -0.3 is 44.4 Å². The van der Waals surface area contributed by atoms with Gasteiger partial charge in [0.25, 0.3) is 0 Å². The molecule has 1 aliphatic heterocycles. The third kappa shape index (κ3) is 8.63. The molecule has 0 amide bonds. The molecule has 0 spiro atoms. The molecule has 40 heavy (non-hydrogen) atoms. The maximum absolute atomic E-state index is 12.5. The molecule has 0 radical (unpaired) electrons. The van der Waals surface area contributed by atoms with Gasteiger partial charge in [0.2, 0.25) is 17.1 Å². The average Bonchev–Trinajstić information content (AvgIpc) is 2.93. The van der Waals surface area contributed by atoms with E-state index in [0.717, 1.165) is 23.3 Å². The van der Waals surface area contributed by atoms with Crippen LogP contribution in [0.15, 0.2) is 52.4 Å². The highest BCUT2D eigenvalue weighted by atomic mass is 16.7. The summed E-state index contributed by atoms with van der Waals surface area (Å²) in [5.41, 5.74) is 3.30. The van der Waals surface area contributed by atoms with Gasteiger partial charge in [-0.3, -0.25) is 4.79 Å². The third-order valence-electron chi connectivity index (χ3n) is 6.92. The number of methoxy groups -OCH3 is 2. The van der Waals surface area contributed by atoms with Crippen molar-refractivity contribution in [3.05, 3.63) is 69.1 Å². The molecular formula is C30H45NO9. The molecule has 7 atom stereocenters. The van der Waals surface area contributed by atoms with Gasteiger partial charge in [-0.2, -0.15) is 0 Å². The molecule has 0 bridgehead atoms. The molecule has 0 aliphatic carbocycles. The zero-order valence-electron chi connectivity index (χ0n) is 24.5. The second-order valence-corrected chi connectivity index (χ2v) is 10.1. The molecule has 2 heterocycles. The number of aliphatic hydroxyl groups is 4. The van der Waals surface area contributed by atoms with Crippen LogP contribution in [-0.2, 0) is 15.9 Å². The highest BCUT2D eigenvalue weighted by Crippen LogP contribution is 2.26. The molecule has 10 nitrogen and oxygen atoms in total. The molecule has 10 heteroatoms. The number of allylic oxidation sites excluding steroid dienone is 6. The summed E-state index contributed by atoms with van der Waals surface area (Å²) in [6, 6.07) is 0. The largest absolute Gasteiger partial charge is 0.488 e. The van der Waals surface area contributed by atoms with Crippen LogP contribution in [0.3, 0.4) is 0 Å². The van der Waals surface area contributed by atoms with Crippen LogP contribution in [0.1, 0.15) is 45.4 Å². The van der Waals surface area contributed by atoms with Crippen molar-refractivity contribution >= 4 is 0 Å². The number of aliphatic hydroxyl groups excluding tert-OH is 4. The van der Waals surface area contributed by atoms with Crippen molar-refractivity contribution in [3.63, 3.8) is 0 Å². The van der Waals surface area contributed by atoms with E-state index in [2.05, 4.69) is 17.1 Å². The Labute approximate surface area is 236 Å². The monoisotopic (exact) mass is 563 g/mol. The summed E-state index contributed by atoms with van der Waals surface area (Å²) < 4.78 is 21.9. The van der Waals surface area contributed by atoms with E-state index in [0.29, 0.717) is 17.9 Å². The fourth-order valence-corrected chi connectivity index (χ4v) is 4.46. The minimum Gasteiger partial charge on any atom is -0.488 e. The Kier molecular flexibility index (Phi) is 13.3. The van der Waals surface area contributed by atoms with Crippen molar-refractivity contribution in [1.82, 2.24) is 4.98 Å². The van der Waals surface area contributed by atoms with Crippen molar-refractivity contribution in [3.8, 4) is 11.6 Å². The number of aromatic amines is 1. The van der Waals surface area contributed by atoms with Crippen molar-refractivity contribution in [2.75, 3.05) is 20.8 Å². The van der Waals surface area contributed by atoms with Crippen LogP contribution in [0.5, 0.6) is 11.6 Å². The molecule has 2 rings (SSSR count). The van der Waals surface area contributed by atoms with E-state index in [9.17, 15) is 25.2 Å². The average molecular weight is 564 g/mol. The lowest BCUT2D eigenvalue weighted by molar-refractivity contribution is -0.309. The van der Waals surface area contributed by atoms with Gasteiger partial charge in [-0.25, -0.2) is 0 Å². The second-order valence-electron chi connectivity index (χ2n) is 10.1. The summed E-state index contributed by atoms with van der Waals surface area (Å²) in [5, 5.41) is 39.8. The quantitative estimate of drug-likeness (QED) is 0.180. The minimum absolute atomic E-state index is 0.116. The lowest BCUT2D eigenvalue weighted by Gasteiger charge is -2.41. The normalized spacial score (nSPS) is 25.9. The highest BCUT2D eigenvalue weighted by molar-refractivity contribution is 5.40. The van der Waals surface area contributed by atoms with Crippen LogP contribution < -0.4 is 14.9 Å². The van der Waals surface area contributed by atoms with Crippen LogP contribution in [-0.4, -0.2) is 83.0 Å². The summed E-state index contributed by atoms with van der Waals surface area (Å²) in [7, 11) is 2.92. The number of nitrogens with one attached hydrogen (secondary N) is 1. The Morgan fingerprint density at radius 3 is 2.42 bits per heavy atom.